The summed E-state index contributed by atoms with van der Waals surface area (Å²) in [5.41, 5.74) is 0. The summed E-state index contributed by atoms with van der Waals surface area (Å²) >= 11 is 0. The smallest absolute Gasteiger partial charge is 0.392 e. The highest BCUT2D eigenvalue weighted by molar-refractivity contribution is 5.89. The lowest BCUT2D eigenvalue weighted by molar-refractivity contribution is -0.443. The van der Waals surface area contributed by atoms with Gasteiger partial charge in [-0.15, -0.1) is 0 Å². The molecule has 0 aromatic heterocycles. The molecule has 0 aliphatic rings. The van der Waals surface area contributed by atoms with Crippen LogP contribution in [0.2, 0.25) is 0 Å². The van der Waals surface area contributed by atoms with Gasteiger partial charge in [-0.05, 0) is 6.42 Å². The highest BCUT2D eigenvalue weighted by Gasteiger charge is 2.94. The minimum atomic E-state index is -8.64. The molecule has 0 fully saturated rings. The number of carboxylic acid groups (broad SMARTS) is 1. The Kier molecular flexibility index (Phi) is 9.10. The topological polar surface area (TPSA) is 66.4 Å². The van der Waals surface area contributed by atoms with Crippen LogP contribution >= 0.6 is 0 Å². The van der Waals surface area contributed by atoms with Crippen LogP contribution in [0.4, 0.5) is 70.2 Å². The van der Waals surface area contributed by atoms with Gasteiger partial charge in [0, 0.05) is 0 Å². The molecule has 35 heavy (non-hydrogen) atoms. The lowest BCUT2D eigenvalue weighted by Gasteiger charge is -2.42. The minimum Gasteiger partial charge on any atom is -0.480 e. The van der Waals surface area contributed by atoms with Crippen molar-refractivity contribution < 1.29 is 84.9 Å². The normalized spacial score (nSPS) is 15.8. The molecule has 2 N–H and O–H groups in total. The van der Waals surface area contributed by atoms with Gasteiger partial charge in [-0.1, -0.05) is 19.8 Å². The van der Waals surface area contributed by atoms with Crippen molar-refractivity contribution >= 4 is 11.9 Å². The average molecular weight is 559 g/mol. The molecule has 0 rings (SSSR count). The third-order valence-electron chi connectivity index (χ3n) is 4.40. The van der Waals surface area contributed by atoms with Crippen LogP contribution in [0.1, 0.15) is 26.2 Å². The fraction of sp³-hybridized carbons (Fsp3) is 0.867. The molecular weight excluding hydrogens is 546 g/mol. The lowest BCUT2D eigenvalue weighted by Crippen LogP contribution is -2.75. The molecule has 0 aromatic carbocycles. The van der Waals surface area contributed by atoms with Crippen molar-refractivity contribution in [2.24, 2.45) is 0 Å². The number of carboxylic acids is 1. The number of nitrogens with one attached hydrogen (secondary N) is 1. The highest BCUT2D eigenvalue weighted by Crippen LogP contribution is 2.62. The Morgan fingerprint density at radius 3 is 1.43 bits per heavy atom. The number of hydrogen-bond donors (Lipinski definition) is 2. The molecule has 4 nitrogen and oxygen atoms in total. The van der Waals surface area contributed by atoms with E-state index in [4.69, 9.17) is 5.11 Å². The first-order valence-corrected chi connectivity index (χ1v) is 8.70. The van der Waals surface area contributed by atoms with Crippen molar-refractivity contribution in [3.63, 3.8) is 0 Å². The number of aliphatic carboxylic acids is 1. The molecule has 208 valence electrons. The zero-order valence-electron chi connectivity index (χ0n) is 16.6. The Balaban J connectivity index is 6.55. The van der Waals surface area contributed by atoms with E-state index in [1.807, 2.05) is 0 Å². The number of halogens is 16. The summed E-state index contributed by atoms with van der Waals surface area (Å²) in [5, 5.41) is 9.22. The van der Waals surface area contributed by atoms with E-state index in [1.165, 1.54) is 6.92 Å². The Morgan fingerprint density at radius 1 is 0.714 bits per heavy atom. The Labute approximate surface area is 183 Å². The maximum absolute atomic E-state index is 13.7. The second kappa shape index (κ2) is 9.70. The van der Waals surface area contributed by atoms with Crippen LogP contribution in [0.3, 0.4) is 0 Å². The summed E-state index contributed by atoms with van der Waals surface area (Å²) in [6, 6.07) is -2.55. The summed E-state index contributed by atoms with van der Waals surface area (Å²) in [7, 11) is 0. The maximum atomic E-state index is 13.7. The number of rotatable bonds is 13. The first-order valence-electron chi connectivity index (χ1n) is 8.70. The molecule has 0 saturated carbocycles. The van der Waals surface area contributed by atoms with E-state index in [1.54, 1.807) is 0 Å². The monoisotopic (exact) mass is 559 g/mol. The Morgan fingerprint density at radius 2 is 1.09 bits per heavy atom. The largest absolute Gasteiger partial charge is 0.480 e. The summed E-state index contributed by atoms with van der Waals surface area (Å²) in [6.07, 6.45) is -6.97. The van der Waals surface area contributed by atoms with Gasteiger partial charge in [0.05, 0.1) is 0 Å². The van der Waals surface area contributed by atoms with Crippen molar-refractivity contribution in [1.82, 2.24) is 5.32 Å². The summed E-state index contributed by atoms with van der Waals surface area (Å²) < 4.78 is 211. The minimum absolute atomic E-state index is 0.0725. The lowest BCUT2D eigenvalue weighted by atomic mass is 9.89. The molecule has 0 bridgehead atoms. The number of carbonyl (C=O) groups is 2. The van der Waals surface area contributed by atoms with E-state index < -0.39 is 72.2 Å². The van der Waals surface area contributed by atoms with Crippen LogP contribution in [0, 0.1) is 0 Å². The van der Waals surface area contributed by atoms with Crippen LogP contribution < -0.4 is 5.32 Å². The summed E-state index contributed by atoms with van der Waals surface area (Å²) in [6.45, 7) is 1.35. The highest BCUT2D eigenvalue weighted by atomic mass is 19.4. The van der Waals surface area contributed by atoms with Crippen LogP contribution in [0.25, 0.3) is 0 Å². The van der Waals surface area contributed by atoms with Gasteiger partial charge in [-0.25, -0.2) is 13.6 Å². The van der Waals surface area contributed by atoms with Crippen molar-refractivity contribution in [3.05, 3.63) is 0 Å². The predicted molar refractivity (Wildman–Crippen MR) is 79.7 cm³/mol. The van der Waals surface area contributed by atoms with Gasteiger partial charge in [0.25, 0.3) is 5.91 Å². The molecule has 0 aromatic rings. The van der Waals surface area contributed by atoms with Crippen molar-refractivity contribution in [1.29, 1.82) is 0 Å². The quantitative estimate of drug-likeness (QED) is 0.295. The molecule has 0 aliphatic carbocycles. The van der Waals surface area contributed by atoms with Crippen LogP contribution in [0.15, 0.2) is 0 Å². The molecule has 20 heteroatoms. The van der Waals surface area contributed by atoms with E-state index in [0.29, 0.717) is 5.32 Å². The third-order valence-corrected chi connectivity index (χ3v) is 4.40. The van der Waals surface area contributed by atoms with Gasteiger partial charge in [-0.2, -0.15) is 61.5 Å². The summed E-state index contributed by atoms with van der Waals surface area (Å²) in [4.78, 5) is 22.2. The van der Waals surface area contributed by atoms with E-state index in [-0.39, 0.29) is 12.8 Å². The van der Waals surface area contributed by atoms with Gasteiger partial charge in [-0.3, -0.25) is 4.79 Å². The van der Waals surface area contributed by atoms with Gasteiger partial charge in [0.15, 0.2) is 0 Å². The molecule has 0 heterocycles. The second-order valence-corrected chi connectivity index (χ2v) is 6.88. The molecular formula is C15H13F16NO3. The van der Waals surface area contributed by atoms with Crippen molar-refractivity contribution in [2.75, 3.05) is 0 Å². The first-order chi connectivity index (χ1) is 15.2. The number of hydrogen-bond acceptors (Lipinski definition) is 2. The fourth-order valence-corrected chi connectivity index (χ4v) is 2.19. The zero-order valence-corrected chi connectivity index (χ0v) is 16.6. The molecule has 0 spiro atoms. The van der Waals surface area contributed by atoms with Crippen molar-refractivity contribution in [2.45, 2.75) is 80.1 Å². The van der Waals surface area contributed by atoms with E-state index in [0.717, 1.165) is 0 Å². The van der Waals surface area contributed by atoms with Gasteiger partial charge >= 0.3 is 53.9 Å². The molecule has 0 saturated heterocycles. The average Bonchev–Trinajstić information content (AvgIpc) is 2.69. The molecule has 1 amide bonds. The molecule has 1 unspecified atom stereocenters. The number of alkyl halides is 16. The van der Waals surface area contributed by atoms with E-state index in [9.17, 15) is 79.8 Å². The number of carbonyl (C=O) groups excluding carboxylic acids is 1. The summed E-state index contributed by atoms with van der Waals surface area (Å²) in [5.74, 6) is -62.9. The molecule has 0 radical (unpaired) electrons. The number of amides is 1. The van der Waals surface area contributed by atoms with E-state index >= 15 is 0 Å². The molecule has 0 aliphatic heterocycles. The van der Waals surface area contributed by atoms with Gasteiger partial charge in [0.2, 0.25) is 0 Å². The first kappa shape index (κ1) is 32.8. The van der Waals surface area contributed by atoms with Gasteiger partial charge < -0.3 is 10.4 Å². The van der Waals surface area contributed by atoms with Crippen LogP contribution in [-0.4, -0.2) is 70.9 Å². The standard InChI is InChI=1S/C15H13F16NO3/c1-2-3-4-5(6(33)34)32-8(35)10(20,21)12(24,25)14(28,29)15(30,31)13(26,27)11(22,23)9(18,19)7(16)17/h5,7H,2-4H2,1H3,(H,32,35)(H,33,34). The maximum Gasteiger partial charge on any atom is 0.392 e. The third kappa shape index (κ3) is 4.92. The van der Waals surface area contributed by atoms with Crippen molar-refractivity contribution in [3.8, 4) is 0 Å². The number of unbranched alkanes of at least 4 members (excludes halogenated alkanes) is 1. The molecule has 1 atom stereocenters. The Hall–Kier alpha value is -2.18. The predicted octanol–water partition coefficient (Wildman–Crippen LogP) is 5.46. The van der Waals surface area contributed by atoms with Gasteiger partial charge in [0.1, 0.15) is 6.04 Å². The van der Waals surface area contributed by atoms with Crippen LogP contribution in [-0.2, 0) is 9.59 Å². The van der Waals surface area contributed by atoms with E-state index in [2.05, 4.69) is 0 Å². The fourth-order valence-electron chi connectivity index (χ4n) is 2.19. The zero-order chi connectivity index (χ0) is 28.6. The Bertz CT molecular complexity index is 782. The second-order valence-electron chi connectivity index (χ2n) is 6.88. The SMILES string of the molecule is CCCCC(NC(=O)C(F)(F)C(F)(F)C(F)(F)C(F)(F)C(F)(F)C(F)(F)C(F)(F)C(F)F)C(=O)O. The van der Waals surface area contributed by atoms with Crippen LogP contribution in [0.5, 0.6) is 0 Å².